The molecular formula is C16H14O. The fraction of sp³-hybridized carbons (Fsp3) is 0.125. The van der Waals surface area contributed by atoms with Crippen LogP contribution in [0.25, 0.3) is 11.6 Å². The molecule has 0 aliphatic heterocycles. The van der Waals surface area contributed by atoms with Crippen molar-refractivity contribution in [3.8, 4) is 5.75 Å². The molecule has 0 bridgehead atoms. The summed E-state index contributed by atoms with van der Waals surface area (Å²) in [5.41, 5.74) is 5.15. The standard InChI is InChI=1S/C16H14O/c17-16-7-3-6-14(11-16)15-9-8-12-4-1-2-5-13(12)10-15/h1-7,10-11,17H,8-9H2. The molecule has 0 amide bonds. The van der Waals surface area contributed by atoms with Gasteiger partial charge in [-0.1, -0.05) is 42.5 Å². The number of rotatable bonds is 1. The van der Waals surface area contributed by atoms with Crippen molar-refractivity contribution in [3.05, 3.63) is 65.2 Å². The molecule has 0 aromatic heterocycles. The summed E-state index contributed by atoms with van der Waals surface area (Å²) in [6.07, 6.45) is 4.35. The molecule has 1 nitrogen and oxygen atoms in total. The maximum absolute atomic E-state index is 9.51. The summed E-state index contributed by atoms with van der Waals surface area (Å²) in [6.45, 7) is 0. The van der Waals surface area contributed by atoms with Gasteiger partial charge in [0.15, 0.2) is 0 Å². The predicted octanol–water partition coefficient (Wildman–Crippen LogP) is 3.88. The van der Waals surface area contributed by atoms with Gasteiger partial charge in [0, 0.05) is 0 Å². The fourth-order valence-electron chi connectivity index (χ4n) is 2.37. The third-order valence-corrected chi connectivity index (χ3v) is 3.27. The van der Waals surface area contributed by atoms with Crippen LogP contribution in [0.1, 0.15) is 23.1 Å². The molecule has 0 fully saturated rings. The van der Waals surface area contributed by atoms with E-state index in [4.69, 9.17) is 0 Å². The van der Waals surface area contributed by atoms with Gasteiger partial charge in [0.25, 0.3) is 0 Å². The van der Waals surface area contributed by atoms with Crippen molar-refractivity contribution in [2.45, 2.75) is 12.8 Å². The van der Waals surface area contributed by atoms with Gasteiger partial charge >= 0.3 is 0 Å². The van der Waals surface area contributed by atoms with Crippen molar-refractivity contribution >= 4 is 11.6 Å². The number of hydrogen-bond donors (Lipinski definition) is 1. The van der Waals surface area contributed by atoms with Crippen molar-refractivity contribution in [2.75, 3.05) is 0 Å². The summed E-state index contributed by atoms with van der Waals surface area (Å²) in [7, 11) is 0. The Hall–Kier alpha value is -2.02. The van der Waals surface area contributed by atoms with Gasteiger partial charge in [-0.05, 0) is 47.2 Å². The molecular weight excluding hydrogens is 208 g/mol. The van der Waals surface area contributed by atoms with Crippen molar-refractivity contribution < 1.29 is 5.11 Å². The Morgan fingerprint density at radius 2 is 1.76 bits per heavy atom. The lowest BCUT2D eigenvalue weighted by Crippen LogP contribution is -1.98. The number of benzene rings is 2. The average molecular weight is 222 g/mol. The minimum absolute atomic E-state index is 0.335. The summed E-state index contributed by atoms with van der Waals surface area (Å²) < 4.78 is 0. The highest BCUT2D eigenvalue weighted by atomic mass is 16.3. The minimum Gasteiger partial charge on any atom is -0.508 e. The molecule has 2 aromatic carbocycles. The monoisotopic (exact) mass is 222 g/mol. The van der Waals surface area contributed by atoms with Crippen molar-refractivity contribution in [1.82, 2.24) is 0 Å². The third kappa shape index (κ3) is 1.96. The van der Waals surface area contributed by atoms with Crippen LogP contribution in [0.3, 0.4) is 0 Å². The van der Waals surface area contributed by atoms with E-state index in [1.54, 1.807) is 6.07 Å². The fourth-order valence-corrected chi connectivity index (χ4v) is 2.37. The number of fused-ring (bicyclic) bond motifs is 1. The number of allylic oxidation sites excluding steroid dienone is 1. The molecule has 17 heavy (non-hydrogen) atoms. The highest BCUT2D eigenvalue weighted by Gasteiger charge is 2.11. The molecule has 1 aliphatic carbocycles. The second-order valence-electron chi connectivity index (χ2n) is 4.42. The molecule has 1 N–H and O–H groups in total. The lowest BCUT2D eigenvalue weighted by atomic mass is 9.89. The van der Waals surface area contributed by atoms with Crippen LogP contribution in [0, 0.1) is 0 Å². The normalized spacial score (nSPS) is 14.0. The smallest absolute Gasteiger partial charge is 0.116 e. The Morgan fingerprint density at radius 3 is 2.65 bits per heavy atom. The van der Waals surface area contributed by atoms with Crippen LogP contribution in [-0.4, -0.2) is 5.11 Å². The summed E-state index contributed by atoms with van der Waals surface area (Å²) in [5, 5.41) is 9.51. The molecule has 2 aromatic rings. The summed E-state index contributed by atoms with van der Waals surface area (Å²) in [6, 6.07) is 16.0. The van der Waals surface area contributed by atoms with Gasteiger partial charge in [0.1, 0.15) is 5.75 Å². The Morgan fingerprint density at radius 1 is 0.882 bits per heavy atom. The Labute approximate surface area is 101 Å². The first-order chi connectivity index (χ1) is 8.33. The van der Waals surface area contributed by atoms with Crippen LogP contribution < -0.4 is 0 Å². The molecule has 0 unspecified atom stereocenters. The van der Waals surface area contributed by atoms with Gasteiger partial charge in [-0.25, -0.2) is 0 Å². The van der Waals surface area contributed by atoms with E-state index in [9.17, 15) is 5.11 Å². The first kappa shape index (κ1) is 10.2. The number of phenolic OH excluding ortho intramolecular Hbond substituents is 1. The first-order valence-corrected chi connectivity index (χ1v) is 5.91. The van der Waals surface area contributed by atoms with Crippen LogP contribution in [-0.2, 0) is 6.42 Å². The molecule has 0 atom stereocenters. The van der Waals surface area contributed by atoms with Gasteiger partial charge in [-0.2, -0.15) is 0 Å². The molecule has 1 aliphatic rings. The Bertz CT molecular complexity index is 582. The second-order valence-corrected chi connectivity index (χ2v) is 4.42. The number of aromatic hydroxyl groups is 1. The average Bonchev–Trinajstić information content (AvgIpc) is 2.38. The van der Waals surface area contributed by atoms with Gasteiger partial charge < -0.3 is 5.11 Å². The van der Waals surface area contributed by atoms with Crippen LogP contribution >= 0.6 is 0 Å². The molecule has 0 radical (unpaired) electrons. The Kier molecular flexibility index (Phi) is 2.45. The van der Waals surface area contributed by atoms with Gasteiger partial charge in [-0.15, -0.1) is 0 Å². The molecule has 84 valence electrons. The molecule has 0 saturated carbocycles. The molecule has 0 heterocycles. The van der Waals surface area contributed by atoms with E-state index in [0.29, 0.717) is 5.75 Å². The van der Waals surface area contributed by atoms with E-state index >= 15 is 0 Å². The van der Waals surface area contributed by atoms with Gasteiger partial charge in [-0.3, -0.25) is 0 Å². The summed E-state index contributed by atoms with van der Waals surface area (Å²) in [4.78, 5) is 0. The highest BCUT2D eigenvalue weighted by Crippen LogP contribution is 2.31. The SMILES string of the molecule is Oc1cccc(C2=Cc3ccccc3CC2)c1. The van der Waals surface area contributed by atoms with E-state index in [0.717, 1.165) is 18.4 Å². The lowest BCUT2D eigenvalue weighted by Gasteiger charge is -2.16. The number of aryl methyl sites for hydroxylation is 1. The van der Waals surface area contributed by atoms with Crippen LogP contribution in [0.4, 0.5) is 0 Å². The second kappa shape index (κ2) is 4.10. The minimum atomic E-state index is 0.335. The van der Waals surface area contributed by atoms with E-state index in [-0.39, 0.29) is 0 Å². The largest absolute Gasteiger partial charge is 0.508 e. The van der Waals surface area contributed by atoms with Crippen molar-refractivity contribution in [2.24, 2.45) is 0 Å². The molecule has 0 saturated heterocycles. The van der Waals surface area contributed by atoms with Gasteiger partial charge in [0.2, 0.25) is 0 Å². The van der Waals surface area contributed by atoms with Gasteiger partial charge in [0.05, 0.1) is 0 Å². The third-order valence-electron chi connectivity index (χ3n) is 3.27. The zero-order chi connectivity index (χ0) is 11.7. The summed E-state index contributed by atoms with van der Waals surface area (Å²) >= 11 is 0. The maximum Gasteiger partial charge on any atom is 0.116 e. The zero-order valence-corrected chi connectivity index (χ0v) is 9.56. The quantitative estimate of drug-likeness (QED) is 0.776. The topological polar surface area (TPSA) is 20.2 Å². The number of phenols is 1. The highest BCUT2D eigenvalue weighted by molar-refractivity contribution is 5.84. The molecule has 1 heteroatoms. The van der Waals surface area contributed by atoms with Crippen LogP contribution in [0.15, 0.2) is 48.5 Å². The Balaban J connectivity index is 2.04. The van der Waals surface area contributed by atoms with E-state index < -0.39 is 0 Å². The first-order valence-electron chi connectivity index (χ1n) is 5.91. The van der Waals surface area contributed by atoms with E-state index in [2.05, 4.69) is 36.4 Å². The lowest BCUT2D eigenvalue weighted by molar-refractivity contribution is 0.475. The van der Waals surface area contributed by atoms with Crippen LogP contribution in [0.5, 0.6) is 5.75 Å². The molecule has 3 rings (SSSR count). The summed E-state index contributed by atoms with van der Waals surface area (Å²) in [5.74, 6) is 0.335. The van der Waals surface area contributed by atoms with E-state index in [1.165, 1.54) is 16.7 Å². The maximum atomic E-state index is 9.51. The zero-order valence-electron chi connectivity index (χ0n) is 9.56. The van der Waals surface area contributed by atoms with Crippen molar-refractivity contribution in [1.29, 1.82) is 0 Å². The van der Waals surface area contributed by atoms with Crippen LogP contribution in [0.2, 0.25) is 0 Å². The van der Waals surface area contributed by atoms with E-state index in [1.807, 2.05) is 12.1 Å². The predicted molar refractivity (Wildman–Crippen MR) is 70.7 cm³/mol. The molecule has 0 spiro atoms. The van der Waals surface area contributed by atoms with Crippen molar-refractivity contribution in [3.63, 3.8) is 0 Å². The number of hydrogen-bond acceptors (Lipinski definition) is 1.